The molecule has 0 bridgehead atoms. The second-order valence-corrected chi connectivity index (χ2v) is 4.43. The van der Waals surface area contributed by atoms with E-state index in [0.29, 0.717) is 19.5 Å². The van der Waals surface area contributed by atoms with Crippen LogP contribution < -0.4 is 10.6 Å². The molecule has 17 heavy (non-hydrogen) atoms. The summed E-state index contributed by atoms with van der Waals surface area (Å²) >= 11 is 0. The number of amides is 3. The van der Waals surface area contributed by atoms with Crippen LogP contribution in [0.25, 0.3) is 0 Å². The molecule has 2 heterocycles. The fourth-order valence-corrected chi connectivity index (χ4v) is 2.37. The summed E-state index contributed by atoms with van der Waals surface area (Å²) in [7, 11) is 0. The van der Waals surface area contributed by atoms with Crippen LogP contribution in [-0.2, 0) is 4.79 Å². The number of piperidine rings is 1. The van der Waals surface area contributed by atoms with Gasteiger partial charge in [-0.1, -0.05) is 0 Å². The molecule has 3 amide bonds. The summed E-state index contributed by atoms with van der Waals surface area (Å²) in [6, 6.07) is -0.281. The van der Waals surface area contributed by atoms with Crippen molar-refractivity contribution in [3.8, 4) is 11.8 Å². The third-order valence-electron chi connectivity index (χ3n) is 3.27. The molecule has 0 aromatic carbocycles. The zero-order valence-electron chi connectivity index (χ0n) is 10.0. The van der Waals surface area contributed by atoms with Crippen molar-refractivity contribution >= 4 is 11.9 Å². The molecular formula is C12H17N3O2. The average molecular weight is 235 g/mol. The molecule has 2 fully saturated rings. The van der Waals surface area contributed by atoms with E-state index in [1.54, 1.807) is 6.92 Å². The highest BCUT2D eigenvalue weighted by molar-refractivity contribution is 6.07. The molecule has 5 heteroatoms. The van der Waals surface area contributed by atoms with Crippen LogP contribution in [0.1, 0.15) is 26.2 Å². The monoisotopic (exact) mass is 235 g/mol. The van der Waals surface area contributed by atoms with Crippen molar-refractivity contribution in [1.29, 1.82) is 0 Å². The van der Waals surface area contributed by atoms with Crippen molar-refractivity contribution in [3.63, 3.8) is 0 Å². The number of hydrogen-bond donors (Lipinski definition) is 2. The molecule has 0 aromatic heterocycles. The maximum absolute atomic E-state index is 12.2. The molecule has 1 unspecified atom stereocenters. The summed E-state index contributed by atoms with van der Waals surface area (Å²) in [6.07, 6.45) is 2.17. The minimum absolute atomic E-state index is 0.104. The van der Waals surface area contributed by atoms with Crippen LogP contribution in [0.4, 0.5) is 4.79 Å². The highest BCUT2D eigenvalue weighted by Gasteiger charge is 2.51. The number of carbonyl (C=O) groups is 2. The second-order valence-electron chi connectivity index (χ2n) is 4.43. The molecule has 0 aliphatic carbocycles. The van der Waals surface area contributed by atoms with Crippen LogP contribution in [0.2, 0.25) is 0 Å². The average Bonchev–Trinajstić information content (AvgIpc) is 2.55. The Morgan fingerprint density at radius 1 is 1.47 bits per heavy atom. The fraction of sp³-hybridized carbons (Fsp3) is 0.667. The van der Waals surface area contributed by atoms with E-state index in [4.69, 9.17) is 0 Å². The fourth-order valence-electron chi connectivity index (χ4n) is 2.37. The van der Waals surface area contributed by atoms with Gasteiger partial charge in [0.25, 0.3) is 5.91 Å². The van der Waals surface area contributed by atoms with Gasteiger partial charge in [-0.15, -0.1) is 11.8 Å². The normalized spacial score (nSPS) is 27.9. The standard InChI is InChI=1S/C12H17N3O2/c1-2-3-4-8-15-10(16)12(14-11(15)17)6-5-7-13-9-12/h13H,4-9H2,1H3,(H,14,17). The predicted molar refractivity (Wildman–Crippen MR) is 63.1 cm³/mol. The Bertz CT molecular complexity index is 388. The topological polar surface area (TPSA) is 61.4 Å². The van der Waals surface area contributed by atoms with Crippen molar-refractivity contribution in [2.45, 2.75) is 31.7 Å². The van der Waals surface area contributed by atoms with E-state index in [-0.39, 0.29) is 11.9 Å². The Morgan fingerprint density at radius 3 is 2.94 bits per heavy atom. The largest absolute Gasteiger partial charge is 0.325 e. The molecule has 5 nitrogen and oxygen atoms in total. The van der Waals surface area contributed by atoms with Gasteiger partial charge in [-0.3, -0.25) is 9.69 Å². The Hall–Kier alpha value is -1.54. The first-order chi connectivity index (χ1) is 8.19. The molecule has 2 N–H and O–H groups in total. The van der Waals surface area contributed by atoms with Gasteiger partial charge in [0.1, 0.15) is 5.54 Å². The third-order valence-corrected chi connectivity index (χ3v) is 3.27. The van der Waals surface area contributed by atoms with Gasteiger partial charge >= 0.3 is 6.03 Å². The third kappa shape index (κ3) is 2.13. The first-order valence-corrected chi connectivity index (χ1v) is 5.94. The Morgan fingerprint density at radius 2 is 2.29 bits per heavy atom. The lowest BCUT2D eigenvalue weighted by Gasteiger charge is -2.31. The van der Waals surface area contributed by atoms with Gasteiger partial charge in [0.15, 0.2) is 0 Å². The van der Waals surface area contributed by atoms with Crippen molar-refractivity contribution in [2.24, 2.45) is 0 Å². The van der Waals surface area contributed by atoms with E-state index < -0.39 is 5.54 Å². The highest BCUT2D eigenvalue weighted by atomic mass is 16.2. The van der Waals surface area contributed by atoms with E-state index in [2.05, 4.69) is 22.5 Å². The van der Waals surface area contributed by atoms with Gasteiger partial charge in [0.2, 0.25) is 0 Å². The molecule has 0 radical (unpaired) electrons. The maximum atomic E-state index is 12.2. The molecule has 1 atom stereocenters. The quantitative estimate of drug-likeness (QED) is 0.526. The van der Waals surface area contributed by atoms with Gasteiger partial charge in [-0.25, -0.2) is 4.79 Å². The summed E-state index contributed by atoms with van der Waals surface area (Å²) in [5.41, 5.74) is -0.699. The Kier molecular flexibility index (Phi) is 3.34. The molecule has 2 aliphatic heterocycles. The summed E-state index contributed by atoms with van der Waals surface area (Å²) in [5, 5.41) is 5.99. The number of rotatable bonds is 2. The number of urea groups is 1. The van der Waals surface area contributed by atoms with Crippen LogP contribution in [0, 0.1) is 11.8 Å². The van der Waals surface area contributed by atoms with Crippen molar-refractivity contribution in [2.75, 3.05) is 19.6 Å². The van der Waals surface area contributed by atoms with Crippen LogP contribution in [0.15, 0.2) is 0 Å². The molecule has 0 aromatic rings. The van der Waals surface area contributed by atoms with E-state index in [9.17, 15) is 9.59 Å². The SMILES string of the molecule is CC#CCCN1C(=O)NC2(CCCNC2)C1=O. The lowest BCUT2D eigenvalue weighted by molar-refractivity contribution is -0.131. The highest BCUT2D eigenvalue weighted by Crippen LogP contribution is 2.24. The van der Waals surface area contributed by atoms with E-state index in [1.165, 1.54) is 4.90 Å². The van der Waals surface area contributed by atoms with E-state index in [1.807, 2.05) is 0 Å². The first kappa shape index (κ1) is 11.9. The smallest absolute Gasteiger partial charge is 0.322 e. The molecule has 92 valence electrons. The van der Waals surface area contributed by atoms with Crippen molar-refractivity contribution in [3.05, 3.63) is 0 Å². The first-order valence-electron chi connectivity index (χ1n) is 5.94. The summed E-state index contributed by atoms with van der Waals surface area (Å²) < 4.78 is 0. The molecule has 0 saturated carbocycles. The van der Waals surface area contributed by atoms with Gasteiger partial charge in [0, 0.05) is 19.5 Å². The van der Waals surface area contributed by atoms with Crippen LogP contribution in [0.5, 0.6) is 0 Å². The number of nitrogens with zero attached hydrogens (tertiary/aromatic N) is 1. The minimum atomic E-state index is -0.699. The number of nitrogens with one attached hydrogen (secondary N) is 2. The van der Waals surface area contributed by atoms with E-state index in [0.717, 1.165) is 19.4 Å². The minimum Gasteiger partial charge on any atom is -0.322 e. The van der Waals surface area contributed by atoms with Crippen molar-refractivity contribution in [1.82, 2.24) is 15.5 Å². The van der Waals surface area contributed by atoms with E-state index >= 15 is 0 Å². The summed E-state index contributed by atoms with van der Waals surface area (Å²) in [6.45, 7) is 3.57. The summed E-state index contributed by atoms with van der Waals surface area (Å²) in [4.78, 5) is 25.3. The number of carbonyl (C=O) groups excluding carboxylic acids is 2. The van der Waals surface area contributed by atoms with Gasteiger partial charge in [-0.05, 0) is 26.3 Å². The van der Waals surface area contributed by atoms with Crippen LogP contribution >= 0.6 is 0 Å². The maximum Gasteiger partial charge on any atom is 0.325 e. The lowest BCUT2D eigenvalue weighted by Crippen LogP contribution is -2.57. The Balaban J connectivity index is 2.06. The van der Waals surface area contributed by atoms with Gasteiger partial charge in [-0.2, -0.15) is 0 Å². The predicted octanol–water partition coefficient (Wildman–Crippen LogP) is 0.0738. The van der Waals surface area contributed by atoms with Crippen molar-refractivity contribution < 1.29 is 9.59 Å². The molecule has 2 saturated heterocycles. The van der Waals surface area contributed by atoms with Crippen LogP contribution in [0.3, 0.4) is 0 Å². The number of hydrogen-bond acceptors (Lipinski definition) is 3. The number of imide groups is 1. The van der Waals surface area contributed by atoms with Crippen LogP contribution in [-0.4, -0.2) is 42.0 Å². The second kappa shape index (κ2) is 4.76. The summed E-state index contributed by atoms with van der Waals surface area (Å²) in [5.74, 6) is 5.52. The Labute approximate surface area is 101 Å². The zero-order valence-corrected chi connectivity index (χ0v) is 10.0. The lowest BCUT2D eigenvalue weighted by atomic mass is 9.90. The molecule has 2 rings (SSSR count). The van der Waals surface area contributed by atoms with Gasteiger partial charge in [0.05, 0.1) is 0 Å². The zero-order chi connectivity index (χ0) is 12.3. The molecular weight excluding hydrogens is 218 g/mol. The molecule has 2 aliphatic rings. The van der Waals surface area contributed by atoms with Gasteiger partial charge < -0.3 is 10.6 Å². The molecule has 1 spiro atoms.